The fourth-order valence-electron chi connectivity index (χ4n) is 1.44. The summed E-state index contributed by atoms with van der Waals surface area (Å²) >= 11 is 11.9. The summed E-state index contributed by atoms with van der Waals surface area (Å²) in [6.45, 7) is 0. The van der Waals surface area contributed by atoms with Crippen LogP contribution in [0.2, 0.25) is 5.02 Å². The van der Waals surface area contributed by atoms with E-state index in [9.17, 15) is 8.42 Å². The number of H-pyrrole nitrogens is 1. The van der Waals surface area contributed by atoms with E-state index >= 15 is 0 Å². The second kappa shape index (κ2) is 5.77. The molecule has 0 radical (unpaired) electrons. The zero-order chi connectivity index (χ0) is 13.9. The van der Waals surface area contributed by atoms with Crippen molar-refractivity contribution in [3.05, 3.63) is 53.2 Å². The average Bonchev–Trinajstić information content (AvgIpc) is 2.90. The van der Waals surface area contributed by atoms with Crippen molar-refractivity contribution < 1.29 is 8.42 Å². The average molecular weight is 317 g/mol. The minimum absolute atomic E-state index is 0.0688. The van der Waals surface area contributed by atoms with E-state index in [2.05, 4.69) is 10.2 Å². The molecule has 4 nitrogen and oxygen atoms in total. The van der Waals surface area contributed by atoms with E-state index < -0.39 is 9.84 Å². The maximum atomic E-state index is 11.9. The van der Waals surface area contributed by atoms with Crippen LogP contribution in [0.15, 0.2) is 47.6 Å². The molecule has 2 rings (SSSR count). The van der Waals surface area contributed by atoms with Gasteiger partial charge in [-0.3, -0.25) is 5.10 Å². The number of benzene rings is 1. The summed E-state index contributed by atoms with van der Waals surface area (Å²) in [5, 5.41) is 6.98. The molecule has 1 heterocycles. The molecule has 0 bridgehead atoms. The smallest absolute Gasteiger partial charge is 0.198 e. The molecule has 0 spiro atoms. The normalized spacial score (nSPS) is 12.6. The molecule has 1 N–H and O–H groups in total. The van der Waals surface area contributed by atoms with Gasteiger partial charge in [-0.2, -0.15) is 5.10 Å². The van der Waals surface area contributed by atoms with E-state index in [-0.39, 0.29) is 10.8 Å². The predicted octanol–water partition coefficient (Wildman–Crippen LogP) is 3.12. The van der Waals surface area contributed by atoms with E-state index in [0.29, 0.717) is 15.6 Å². The van der Waals surface area contributed by atoms with E-state index in [1.165, 1.54) is 18.3 Å². The Labute approximate surface area is 121 Å². The van der Waals surface area contributed by atoms with Gasteiger partial charge >= 0.3 is 0 Å². The van der Waals surface area contributed by atoms with Crippen LogP contribution in [0.1, 0.15) is 5.56 Å². The lowest BCUT2D eigenvalue weighted by molar-refractivity contribution is 0.595. The molecule has 0 saturated heterocycles. The summed E-state index contributed by atoms with van der Waals surface area (Å²) in [6, 6.07) is 8.29. The second-order valence-electron chi connectivity index (χ2n) is 3.76. The number of halogens is 2. The van der Waals surface area contributed by atoms with Crippen molar-refractivity contribution in [2.45, 2.75) is 5.03 Å². The molecule has 0 unspecified atom stereocenters. The molecule has 2 aromatic rings. The van der Waals surface area contributed by atoms with E-state index in [1.54, 1.807) is 24.3 Å². The van der Waals surface area contributed by atoms with Gasteiger partial charge in [0, 0.05) is 10.1 Å². The summed E-state index contributed by atoms with van der Waals surface area (Å²) in [4.78, 5) is 0. The zero-order valence-electron chi connectivity index (χ0n) is 9.68. The van der Waals surface area contributed by atoms with Gasteiger partial charge in [0.15, 0.2) is 14.9 Å². The Morgan fingerprint density at radius 3 is 2.79 bits per heavy atom. The van der Waals surface area contributed by atoms with Gasteiger partial charge in [0.05, 0.1) is 11.9 Å². The Bertz CT molecular complexity index is 694. The number of rotatable bonds is 4. The van der Waals surface area contributed by atoms with Crippen LogP contribution in [0.25, 0.3) is 5.03 Å². The first-order chi connectivity index (χ1) is 8.99. The predicted molar refractivity (Wildman–Crippen MR) is 75.9 cm³/mol. The van der Waals surface area contributed by atoms with Crippen molar-refractivity contribution in [3.8, 4) is 0 Å². The van der Waals surface area contributed by atoms with Gasteiger partial charge in [-0.25, -0.2) is 8.42 Å². The number of hydrogen-bond donors (Lipinski definition) is 1. The van der Waals surface area contributed by atoms with Gasteiger partial charge in [0.2, 0.25) is 0 Å². The van der Waals surface area contributed by atoms with Crippen molar-refractivity contribution in [1.82, 2.24) is 10.2 Å². The molecule has 0 aliphatic heterocycles. The van der Waals surface area contributed by atoms with Crippen LogP contribution < -0.4 is 0 Å². The summed E-state index contributed by atoms with van der Waals surface area (Å²) in [5.74, 6) is -0.208. The van der Waals surface area contributed by atoms with Gasteiger partial charge in [0.25, 0.3) is 0 Å². The van der Waals surface area contributed by atoms with Crippen molar-refractivity contribution in [2.24, 2.45) is 0 Å². The molecule has 0 saturated carbocycles. The number of nitrogens with one attached hydrogen (secondary N) is 1. The molecule has 19 heavy (non-hydrogen) atoms. The molecule has 1 aromatic heterocycles. The molecule has 0 amide bonds. The molecule has 100 valence electrons. The maximum absolute atomic E-state index is 11.9. The third-order valence-electron chi connectivity index (χ3n) is 2.39. The lowest BCUT2D eigenvalue weighted by atomic mass is 10.2. The lowest BCUT2D eigenvalue weighted by Gasteiger charge is -2.01. The van der Waals surface area contributed by atoms with E-state index in [4.69, 9.17) is 23.2 Å². The van der Waals surface area contributed by atoms with Crippen molar-refractivity contribution in [1.29, 1.82) is 0 Å². The van der Waals surface area contributed by atoms with Crippen LogP contribution in [0, 0.1) is 0 Å². The third kappa shape index (κ3) is 3.59. The first kappa shape index (κ1) is 14.1. The van der Waals surface area contributed by atoms with Gasteiger partial charge in [-0.1, -0.05) is 35.3 Å². The first-order valence-electron chi connectivity index (χ1n) is 5.33. The zero-order valence-corrected chi connectivity index (χ0v) is 12.0. The quantitative estimate of drug-likeness (QED) is 0.942. The Balaban J connectivity index is 2.19. The van der Waals surface area contributed by atoms with E-state index in [1.807, 2.05) is 0 Å². The molecule has 0 fully saturated rings. The molecule has 0 aliphatic rings. The third-order valence-corrected chi connectivity index (χ3v) is 4.50. The standard InChI is InChI=1S/C12H10Cl2N2O2S/c13-10-3-1-2-9(8-10)11(14)5-7-19(17,18)12-4-6-15-16-12/h1-6,8H,7H2,(H,15,16). The Kier molecular flexibility index (Phi) is 4.29. The Morgan fingerprint density at radius 1 is 1.37 bits per heavy atom. The van der Waals surface area contributed by atoms with Gasteiger partial charge in [-0.15, -0.1) is 0 Å². The highest BCUT2D eigenvalue weighted by Crippen LogP contribution is 2.22. The molecular formula is C12H10Cl2N2O2S. The second-order valence-corrected chi connectivity index (χ2v) is 6.61. The topological polar surface area (TPSA) is 62.8 Å². The molecule has 1 aromatic carbocycles. The maximum Gasteiger partial charge on any atom is 0.198 e. The van der Waals surface area contributed by atoms with Gasteiger partial charge in [-0.05, 0) is 29.8 Å². The lowest BCUT2D eigenvalue weighted by Crippen LogP contribution is -2.05. The number of sulfone groups is 1. The summed E-state index contributed by atoms with van der Waals surface area (Å²) in [7, 11) is -3.44. The summed E-state index contributed by atoms with van der Waals surface area (Å²) in [6.07, 6.45) is 2.82. The summed E-state index contributed by atoms with van der Waals surface area (Å²) < 4.78 is 23.8. The van der Waals surface area contributed by atoms with Crippen LogP contribution in [0.4, 0.5) is 0 Å². The molecular weight excluding hydrogens is 307 g/mol. The number of aromatic nitrogens is 2. The number of hydrogen-bond acceptors (Lipinski definition) is 3. The number of aromatic amines is 1. The first-order valence-corrected chi connectivity index (χ1v) is 7.73. The van der Waals surface area contributed by atoms with Crippen LogP contribution in [-0.2, 0) is 9.84 Å². The van der Waals surface area contributed by atoms with Crippen molar-refractivity contribution in [3.63, 3.8) is 0 Å². The number of nitrogens with zero attached hydrogens (tertiary/aromatic N) is 1. The Hall–Kier alpha value is -1.30. The van der Waals surface area contributed by atoms with Crippen LogP contribution in [0.5, 0.6) is 0 Å². The minimum Gasteiger partial charge on any atom is -0.267 e. The fraction of sp³-hybridized carbons (Fsp3) is 0.0833. The van der Waals surface area contributed by atoms with Gasteiger partial charge < -0.3 is 0 Å². The fourth-order valence-corrected chi connectivity index (χ4v) is 2.95. The minimum atomic E-state index is -3.44. The SMILES string of the molecule is O=S(=O)(CC=C(Cl)c1cccc(Cl)c1)c1ccn[nH]1. The Morgan fingerprint density at radius 2 is 2.16 bits per heavy atom. The summed E-state index contributed by atoms with van der Waals surface area (Å²) in [5.41, 5.74) is 0.675. The highest BCUT2D eigenvalue weighted by Gasteiger charge is 2.14. The highest BCUT2D eigenvalue weighted by atomic mass is 35.5. The van der Waals surface area contributed by atoms with Crippen molar-refractivity contribution >= 4 is 38.1 Å². The van der Waals surface area contributed by atoms with Crippen molar-refractivity contribution in [2.75, 3.05) is 5.75 Å². The molecule has 0 aliphatic carbocycles. The molecule has 0 atom stereocenters. The van der Waals surface area contributed by atoms with Gasteiger partial charge in [0.1, 0.15) is 0 Å². The monoisotopic (exact) mass is 316 g/mol. The molecule has 7 heteroatoms. The van der Waals surface area contributed by atoms with Crippen LogP contribution in [-0.4, -0.2) is 24.4 Å². The highest BCUT2D eigenvalue weighted by molar-refractivity contribution is 7.91. The van der Waals surface area contributed by atoms with Crippen LogP contribution >= 0.6 is 23.2 Å². The largest absolute Gasteiger partial charge is 0.267 e. The van der Waals surface area contributed by atoms with E-state index in [0.717, 1.165) is 0 Å². The van der Waals surface area contributed by atoms with Crippen LogP contribution in [0.3, 0.4) is 0 Å².